The largest absolute Gasteiger partial charge is 0.480 e. The molecule has 2 N–H and O–H groups in total. The Morgan fingerprint density at radius 1 is 1.35 bits per heavy atom. The predicted octanol–water partition coefficient (Wildman–Crippen LogP) is 1.86. The van der Waals surface area contributed by atoms with Gasteiger partial charge in [0.2, 0.25) is 12.3 Å². The number of hydrogen-bond acceptors (Lipinski definition) is 4. The highest BCUT2D eigenvalue weighted by molar-refractivity contribution is 5.98. The molecule has 0 saturated carbocycles. The molecule has 0 bridgehead atoms. The average Bonchev–Trinajstić information content (AvgIpc) is 2.43. The number of carbonyl (C=O) groups is 2. The van der Waals surface area contributed by atoms with Gasteiger partial charge in [-0.1, -0.05) is 0 Å². The van der Waals surface area contributed by atoms with Crippen LogP contribution in [0.15, 0.2) is 18.3 Å². The van der Waals surface area contributed by atoms with Crippen molar-refractivity contribution in [3.05, 3.63) is 23.9 Å². The second-order valence-corrected chi connectivity index (χ2v) is 4.25. The molecule has 1 atom stereocenters. The number of aromatic nitrogens is 1. The van der Waals surface area contributed by atoms with Gasteiger partial charge in [0.15, 0.2) is 6.61 Å². The van der Waals surface area contributed by atoms with Gasteiger partial charge in [-0.2, -0.15) is 13.2 Å². The normalized spacial score (nSPS) is 12.8. The van der Waals surface area contributed by atoms with Crippen LogP contribution in [0.1, 0.15) is 16.8 Å². The van der Waals surface area contributed by atoms with E-state index in [1.165, 1.54) is 6.07 Å². The minimum absolute atomic E-state index is 0.503. The molecule has 1 rings (SSSR count). The van der Waals surface area contributed by atoms with Crippen LogP contribution < -0.4 is 10.1 Å². The van der Waals surface area contributed by atoms with E-state index in [2.05, 4.69) is 9.72 Å². The van der Waals surface area contributed by atoms with E-state index in [-0.39, 0.29) is 0 Å². The van der Waals surface area contributed by atoms with E-state index in [0.717, 1.165) is 12.3 Å². The third-order valence-electron chi connectivity index (χ3n) is 2.41. The molecular formula is C12H11F5N2O4. The molecule has 128 valence electrons. The Balaban J connectivity index is 2.88. The van der Waals surface area contributed by atoms with E-state index < -0.39 is 55.0 Å². The molecular weight excluding hydrogens is 331 g/mol. The molecule has 6 nitrogen and oxygen atoms in total. The van der Waals surface area contributed by atoms with Crippen molar-refractivity contribution in [3.63, 3.8) is 0 Å². The van der Waals surface area contributed by atoms with Crippen molar-refractivity contribution in [3.8, 4) is 5.88 Å². The Bertz CT molecular complexity index is 565. The molecule has 0 aromatic carbocycles. The van der Waals surface area contributed by atoms with Gasteiger partial charge in [-0.3, -0.25) is 4.79 Å². The molecule has 0 aliphatic heterocycles. The summed E-state index contributed by atoms with van der Waals surface area (Å²) in [6, 6.07) is 0.311. The highest BCUT2D eigenvalue weighted by Crippen LogP contribution is 2.20. The Kier molecular flexibility index (Phi) is 6.22. The number of carbonyl (C=O) groups excluding carboxylic acids is 1. The first kappa shape index (κ1) is 18.6. The van der Waals surface area contributed by atoms with E-state index in [1.807, 2.05) is 0 Å². The van der Waals surface area contributed by atoms with Crippen LogP contribution in [0.2, 0.25) is 0 Å². The Morgan fingerprint density at radius 2 is 2.00 bits per heavy atom. The number of ether oxygens (including phenoxy) is 1. The smallest absolute Gasteiger partial charge is 0.422 e. The van der Waals surface area contributed by atoms with Crippen molar-refractivity contribution < 1.29 is 41.4 Å². The van der Waals surface area contributed by atoms with Crippen molar-refractivity contribution in [1.82, 2.24) is 10.3 Å². The molecule has 11 heteroatoms. The van der Waals surface area contributed by atoms with E-state index >= 15 is 0 Å². The lowest BCUT2D eigenvalue weighted by Crippen LogP contribution is -2.42. The third-order valence-corrected chi connectivity index (χ3v) is 2.41. The zero-order valence-electron chi connectivity index (χ0n) is 11.3. The maximum absolute atomic E-state index is 12.3. The molecule has 0 aliphatic rings. The topological polar surface area (TPSA) is 88.5 Å². The summed E-state index contributed by atoms with van der Waals surface area (Å²) in [4.78, 5) is 26.1. The highest BCUT2D eigenvalue weighted by Gasteiger charge is 2.30. The summed E-state index contributed by atoms with van der Waals surface area (Å²) >= 11 is 0. The van der Waals surface area contributed by atoms with Crippen LogP contribution in [0.4, 0.5) is 22.0 Å². The van der Waals surface area contributed by atoms with Crippen LogP contribution in [0.5, 0.6) is 5.88 Å². The molecule has 0 saturated heterocycles. The Morgan fingerprint density at radius 3 is 2.52 bits per heavy atom. The van der Waals surface area contributed by atoms with Crippen molar-refractivity contribution in [2.75, 3.05) is 6.61 Å². The van der Waals surface area contributed by atoms with Crippen molar-refractivity contribution in [2.24, 2.45) is 0 Å². The molecule has 0 aliphatic carbocycles. The van der Waals surface area contributed by atoms with Gasteiger partial charge in [-0.15, -0.1) is 0 Å². The Hall–Kier alpha value is -2.46. The number of halogens is 5. The summed E-state index contributed by atoms with van der Waals surface area (Å²) in [7, 11) is 0. The van der Waals surface area contributed by atoms with Gasteiger partial charge >= 0.3 is 12.1 Å². The fourth-order valence-corrected chi connectivity index (χ4v) is 1.46. The molecule has 1 unspecified atom stereocenters. The number of alkyl halides is 5. The fourth-order valence-electron chi connectivity index (χ4n) is 1.46. The van der Waals surface area contributed by atoms with Gasteiger partial charge in [0.05, 0.1) is 0 Å². The predicted molar refractivity (Wildman–Crippen MR) is 65.3 cm³/mol. The third kappa shape index (κ3) is 6.45. The van der Waals surface area contributed by atoms with Crippen molar-refractivity contribution in [2.45, 2.75) is 25.1 Å². The number of carboxylic acid groups (broad SMARTS) is 1. The second kappa shape index (κ2) is 7.70. The molecule has 23 heavy (non-hydrogen) atoms. The zero-order valence-corrected chi connectivity index (χ0v) is 11.3. The van der Waals surface area contributed by atoms with Gasteiger partial charge in [0.1, 0.15) is 11.6 Å². The summed E-state index contributed by atoms with van der Waals surface area (Å²) in [5.74, 6) is -3.59. The zero-order chi connectivity index (χ0) is 17.6. The molecule has 0 radical (unpaired) electrons. The van der Waals surface area contributed by atoms with E-state index in [4.69, 9.17) is 5.11 Å². The van der Waals surface area contributed by atoms with Gasteiger partial charge in [0.25, 0.3) is 5.91 Å². The molecule has 1 heterocycles. The van der Waals surface area contributed by atoms with Gasteiger partial charge in [-0.25, -0.2) is 18.6 Å². The van der Waals surface area contributed by atoms with Crippen LogP contribution >= 0.6 is 0 Å². The summed E-state index contributed by atoms with van der Waals surface area (Å²) in [6.45, 7) is -1.72. The van der Waals surface area contributed by atoms with Gasteiger partial charge < -0.3 is 15.2 Å². The number of nitrogens with one attached hydrogen (secondary N) is 1. The lowest BCUT2D eigenvalue weighted by atomic mass is 10.2. The van der Waals surface area contributed by atoms with E-state index in [1.54, 1.807) is 5.32 Å². The van der Waals surface area contributed by atoms with Crippen LogP contribution in [0.25, 0.3) is 0 Å². The number of aliphatic carboxylic acids is 1. The number of pyridine rings is 1. The molecule has 1 aromatic heterocycles. The minimum Gasteiger partial charge on any atom is -0.480 e. The van der Waals surface area contributed by atoms with E-state index in [9.17, 15) is 31.5 Å². The van der Waals surface area contributed by atoms with Crippen LogP contribution in [0, 0.1) is 0 Å². The fraction of sp³-hybridized carbons (Fsp3) is 0.417. The monoisotopic (exact) mass is 342 g/mol. The molecule has 0 fully saturated rings. The molecule has 0 spiro atoms. The van der Waals surface area contributed by atoms with Crippen molar-refractivity contribution in [1.29, 1.82) is 0 Å². The number of carboxylic acids is 1. The maximum atomic E-state index is 12.3. The van der Waals surface area contributed by atoms with Crippen LogP contribution in [-0.2, 0) is 4.79 Å². The number of amides is 1. The van der Waals surface area contributed by atoms with Crippen molar-refractivity contribution >= 4 is 11.9 Å². The van der Waals surface area contributed by atoms with Crippen LogP contribution in [-0.4, -0.2) is 47.2 Å². The Labute approximate surface area is 126 Å². The average molecular weight is 342 g/mol. The molecule has 1 aromatic rings. The first-order chi connectivity index (χ1) is 10.6. The highest BCUT2D eigenvalue weighted by atomic mass is 19.4. The SMILES string of the molecule is O=C(NC(CC(F)F)C(=O)O)c1cccnc1OCC(F)(F)F. The lowest BCUT2D eigenvalue weighted by molar-refractivity contribution is -0.154. The summed E-state index contributed by atoms with van der Waals surface area (Å²) in [5.41, 5.74) is -0.503. The number of rotatable bonds is 7. The summed E-state index contributed by atoms with van der Waals surface area (Å²) < 4.78 is 65.2. The second-order valence-electron chi connectivity index (χ2n) is 4.25. The maximum Gasteiger partial charge on any atom is 0.422 e. The molecule has 1 amide bonds. The number of nitrogens with zero attached hydrogens (tertiary/aromatic N) is 1. The number of hydrogen-bond donors (Lipinski definition) is 2. The lowest BCUT2D eigenvalue weighted by Gasteiger charge is -2.15. The van der Waals surface area contributed by atoms with Gasteiger partial charge in [0, 0.05) is 12.6 Å². The quantitative estimate of drug-likeness (QED) is 0.739. The van der Waals surface area contributed by atoms with E-state index in [0.29, 0.717) is 0 Å². The standard InChI is InChI=1S/C12H11F5N2O4/c13-8(14)4-7(11(21)22)19-9(20)6-2-1-3-18-10(6)23-5-12(15,16)17/h1-3,7-8H,4-5H2,(H,19,20)(H,21,22). The summed E-state index contributed by atoms with van der Waals surface area (Å²) in [6.07, 6.45) is -7.77. The summed E-state index contributed by atoms with van der Waals surface area (Å²) in [5, 5.41) is 10.5. The first-order valence-electron chi connectivity index (χ1n) is 6.06. The first-order valence-corrected chi connectivity index (χ1v) is 6.06. The van der Waals surface area contributed by atoms with Gasteiger partial charge in [-0.05, 0) is 12.1 Å². The minimum atomic E-state index is -4.68. The van der Waals surface area contributed by atoms with Crippen LogP contribution in [0.3, 0.4) is 0 Å².